The number of nitrogens with one attached hydrogen (secondary N) is 1. The molecule has 0 unspecified atom stereocenters. The average molecular weight is 785 g/mol. The number of rotatable bonds is 6. The Labute approximate surface area is 269 Å². The van der Waals surface area contributed by atoms with Gasteiger partial charge in [-0.05, 0) is 92.4 Å². The number of nitrogen functional groups attached to an aromatic ring is 1. The number of nitrogens with two attached hydrogens (primary N) is 1. The summed E-state index contributed by atoms with van der Waals surface area (Å²) in [6, 6.07) is 12.8. The highest BCUT2D eigenvalue weighted by atomic mass is 79.9. The van der Waals surface area contributed by atoms with Crippen LogP contribution in [-0.4, -0.2) is 61.8 Å². The van der Waals surface area contributed by atoms with Crippen LogP contribution in [0.1, 0.15) is 0 Å². The van der Waals surface area contributed by atoms with Crippen LogP contribution in [0, 0.1) is 0 Å². The van der Waals surface area contributed by atoms with Crippen molar-refractivity contribution in [3.8, 4) is 0 Å². The summed E-state index contributed by atoms with van der Waals surface area (Å²) in [5, 5.41) is 4.95. The molecule has 3 N–H and O–H groups in total. The zero-order valence-corrected chi connectivity index (χ0v) is 29.2. The van der Waals surface area contributed by atoms with Crippen LogP contribution >= 0.6 is 67.0 Å². The minimum Gasteiger partial charge on any atom is -0.399 e. The van der Waals surface area contributed by atoms with E-state index in [1.54, 1.807) is 48.8 Å². The number of halogens is 3. The lowest BCUT2D eigenvalue weighted by molar-refractivity contribution is 0.600. The van der Waals surface area contributed by atoms with Crippen molar-refractivity contribution >= 4 is 104 Å². The Morgan fingerprint density at radius 2 is 1.32 bits per heavy atom. The lowest BCUT2D eigenvalue weighted by Gasteiger charge is -2.08. The van der Waals surface area contributed by atoms with E-state index in [0.29, 0.717) is 17.3 Å². The highest BCUT2D eigenvalue weighted by molar-refractivity contribution is 9.10. The van der Waals surface area contributed by atoms with Crippen molar-refractivity contribution < 1.29 is 16.8 Å². The lowest BCUT2D eigenvalue weighted by Crippen LogP contribution is -2.01. The third-order valence-electron chi connectivity index (χ3n) is 4.59. The number of benzene rings is 2. The maximum absolute atomic E-state index is 11.5. The van der Waals surface area contributed by atoms with E-state index in [1.165, 1.54) is 41.9 Å². The quantitative estimate of drug-likeness (QED) is 0.0962. The van der Waals surface area contributed by atoms with E-state index < -0.39 is 19.7 Å². The highest BCUT2D eigenvalue weighted by Crippen LogP contribution is 2.25. The third-order valence-corrected chi connectivity index (χ3v) is 10.1. The first-order valence-electron chi connectivity index (χ1n) is 11.0. The smallest absolute Gasteiger partial charge is 0.228 e. The lowest BCUT2D eigenvalue weighted by atomic mass is 10.3. The predicted molar refractivity (Wildman–Crippen MR) is 175 cm³/mol. The molecule has 0 atom stereocenters. The molecule has 220 valence electrons. The monoisotopic (exact) mass is 782 g/mol. The van der Waals surface area contributed by atoms with Gasteiger partial charge >= 0.3 is 0 Å². The van der Waals surface area contributed by atoms with Crippen LogP contribution < -0.4 is 11.1 Å². The van der Waals surface area contributed by atoms with Gasteiger partial charge in [0.2, 0.25) is 11.2 Å². The molecule has 4 aromatic rings. The molecular formula is C24H25Br2ClN6O4S4. The number of nitrogens with zero attached hydrogens (tertiary/aromatic N) is 4. The summed E-state index contributed by atoms with van der Waals surface area (Å²) in [6.07, 6.45) is 9.48. The summed E-state index contributed by atoms with van der Waals surface area (Å²) >= 11 is 15.2. The molecule has 2 aromatic carbocycles. The van der Waals surface area contributed by atoms with Crippen LogP contribution in [0.2, 0.25) is 5.28 Å². The summed E-state index contributed by atoms with van der Waals surface area (Å²) in [5.41, 5.74) is 6.48. The van der Waals surface area contributed by atoms with Crippen molar-refractivity contribution in [2.45, 2.75) is 19.8 Å². The fraction of sp³-hybridized carbons (Fsp3) is 0.167. The Hall–Kier alpha value is -1.95. The number of aromatic nitrogens is 4. The van der Waals surface area contributed by atoms with Crippen LogP contribution in [0.25, 0.3) is 0 Å². The molecule has 0 fully saturated rings. The molecular weight excluding hydrogens is 760 g/mol. The maximum atomic E-state index is 11.5. The van der Waals surface area contributed by atoms with E-state index in [4.69, 9.17) is 17.3 Å². The van der Waals surface area contributed by atoms with Crippen LogP contribution in [0.3, 0.4) is 0 Å². The number of sulfone groups is 2. The molecule has 0 aliphatic carbocycles. The first-order chi connectivity index (χ1) is 19.1. The van der Waals surface area contributed by atoms with Crippen molar-refractivity contribution in [2.75, 3.05) is 36.1 Å². The van der Waals surface area contributed by atoms with Gasteiger partial charge in [-0.1, -0.05) is 12.1 Å². The standard InChI is InChI=1S/C12H12BrN3O2S2.C7H9NO2S.C5H4BrClN2S/c1-19-11-10(13)7-14-12(16-11)15-8-4-3-5-9(6-8)20(2,17)18;1-11(9,10)7-4-2-3-6(8)5-7;1-10-4-3(6)2-8-5(7)9-4/h3-7H,1-2H3,(H,14,15,16);2-5H,8H2,1H3;2H,1H3. The van der Waals surface area contributed by atoms with Crippen molar-refractivity contribution in [3.63, 3.8) is 0 Å². The third kappa shape index (κ3) is 12.1. The summed E-state index contributed by atoms with van der Waals surface area (Å²) in [5.74, 6) is 0.420. The van der Waals surface area contributed by atoms with Gasteiger partial charge in [-0.3, -0.25) is 0 Å². The molecule has 0 bridgehead atoms. The average Bonchev–Trinajstić information content (AvgIpc) is 2.91. The maximum Gasteiger partial charge on any atom is 0.228 e. The van der Waals surface area contributed by atoms with Gasteiger partial charge in [0, 0.05) is 36.3 Å². The van der Waals surface area contributed by atoms with E-state index in [-0.39, 0.29) is 15.1 Å². The normalized spacial score (nSPS) is 11.0. The van der Waals surface area contributed by atoms with E-state index in [1.807, 2.05) is 12.5 Å². The van der Waals surface area contributed by atoms with Crippen molar-refractivity contribution in [1.82, 2.24) is 19.9 Å². The number of hydrogen-bond donors (Lipinski definition) is 2. The van der Waals surface area contributed by atoms with Crippen molar-refractivity contribution in [1.29, 1.82) is 0 Å². The second-order valence-electron chi connectivity index (χ2n) is 7.82. The molecule has 4 rings (SSSR count). The minimum atomic E-state index is -3.23. The van der Waals surface area contributed by atoms with Crippen molar-refractivity contribution in [3.05, 3.63) is 75.2 Å². The summed E-state index contributed by atoms with van der Waals surface area (Å²) < 4.78 is 46.6. The number of anilines is 3. The Balaban J connectivity index is 0.000000236. The Morgan fingerprint density at radius 1 is 0.805 bits per heavy atom. The SMILES string of the molecule is CS(=O)(=O)c1cccc(N)c1.CSc1nc(Cl)ncc1Br.CSc1nc(Nc2cccc(S(C)(=O)=O)c2)ncc1Br. The number of thioether (sulfide) groups is 2. The first-order valence-corrected chi connectivity index (χ1v) is 19.2. The second-order valence-corrected chi connectivity index (χ2v) is 15.5. The molecule has 0 amide bonds. The molecule has 0 saturated carbocycles. The van der Waals surface area contributed by atoms with Crippen LogP contribution in [-0.2, 0) is 19.7 Å². The molecule has 41 heavy (non-hydrogen) atoms. The fourth-order valence-corrected chi connectivity index (χ4v) is 6.44. The summed E-state index contributed by atoms with van der Waals surface area (Å²) in [4.78, 5) is 16.7. The van der Waals surface area contributed by atoms with Gasteiger partial charge in [0.1, 0.15) is 10.1 Å². The van der Waals surface area contributed by atoms with Crippen LogP contribution in [0.4, 0.5) is 17.3 Å². The fourth-order valence-electron chi connectivity index (χ4n) is 2.71. The zero-order valence-electron chi connectivity index (χ0n) is 22.0. The molecule has 17 heteroatoms. The van der Waals surface area contributed by atoms with Crippen LogP contribution in [0.5, 0.6) is 0 Å². The molecule has 0 aliphatic rings. The predicted octanol–water partition coefficient (Wildman–Crippen LogP) is 6.39. The molecule has 0 spiro atoms. The topological polar surface area (TPSA) is 158 Å². The zero-order chi connectivity index (χ0) is 30.8. The van der Waals surface area contributed by atoms with Gasteiger partial charge in [-0.25, -0.2) is 36.8 Å². The van der Waals surface area contributed by atoms with E-state index in [2.05, 4.69) is 57.1 Å². The van der Waals surface area contributed by atoms with E-state index in [0.717, 1.165) is 25.3 Å². The Kier molecular flexibility index (Phi) is 13.8. The van der Waals surface area contributed by atoms with Gasteiger partial charge in [-0.2, -0.15) is 0 Å². The molecule has 0 aliphatic heterocycles. The van der Waals surface area contributed by atoms with Gasteiger partial charge in [0.05, 0.1) is 18.7 Å². The molecule has 10 nitrogen and oxygen atoms in total. The molecule has 2 heterocycles. The summed E-state index contributed by atoms with van der Waals surface area (Å²) in [6.45, 7) is 0. The first kappa shape index (κ1) is 35.2. The molecule has 0 saturated heterocycles. The van der Waals surface area contributed by atoms with Crippen molar-refractivity contribution in [2.24, 2.45) is 0 Å². The number of hydrogen-bond acceptors (Lipinski definition) is 12. The van der Waals surface area contributed by atoms with Gasteiger partial charge in [0.25, 0.3) is 0 Å². The Morgan fingerprint density at radius 3 is 1.80 bits per heavy atom. The summed E-state index contributed by atoms with van der Waals surface area (Å²) in [7, 11) is -6.33. The van der Waals surface area contributed by atoms with Gasteiger partial charge in [-0.15, -0.1) is 23.5 Å². The largest absolute Gasteiger partial charge is 0.399 e. The van der Waals surface area contributed by atoms with Gasteiger partial charge in [0.15, 0.2) is 19.7 Å². The van der Waals surface area contributed by atoms with Gasteiger partial charge < -0.3 is 11.1 Å². The van der Waals surface area contributed by atoms with Crippen LogP contribution in [0.15, 0.2) is 89.7 Å². The Bertz CT molecular complexity index is 1710. The minimum absolute atomic E-state index is 0.254. The highest BCUT2D eigenvalue weighted by Gasteiger charge is 2.09. The van der Waals surface area contributed by atoms with E-state index in [9.17, 15) is 16.8 Å². The van der Waals surface area contributed by atoms with E-state index >= 15 is 0 Å². The molecule has 0 radical (unpaired) electrons. The molecule has 2 aromatic heterocycles. The second kappa shape index (κ2) is 16.0.